The Morgan fingerprint density at radius 1 is 1.24 bits per heavy atom. The van der Waals surface area contributed by atoms with E-state index in [-0.39, 0.29) is 12.4 Å². The molecule has 0 atom stereocenters. The number of methoxy groups -OCH3 is 1. The van der Waals surface area contributed by atoms with Crippen molar-refractivity contribution in [3.8, 4) is 0 Å². The lowest BCUT2D eigenvalue weighted by atomic mass is 10.1. The number of halogens is 3. The van der Waals surface area contributed by atoms with Crippen LogP contribution in [-0.2, 0) is 10.9 Å². The van der Waals surface area contributed by atoms with Gasteiger partial charge in [-0.05, 0) is 32.9 Å². The third kappa shape index (κ3) is 7.59. The van der Waals surface area contributed by atoms with Gasteiger partial charge in [0.25, 0.3) is 0 Å². The average molecular weight is 361 g/mol. The molecule has 0 aliphatic rings. The largest absolute Gasteiger partial charge is 0.419 e. The molecule has 0 aliphatic heterocycles. The number of hydrogen-bond donors (Lipinski definition) is 3. The molecule has 3 N–H and O–H groups in total. The minimum Gasteiger partial charge on any atom is -0.377 e. The number of anilines is 1. The zero-order valence-corrected chi connectivity index (χ0v) is 15.0. The van der Waals surface area contributed by atoms with Crippen molar-refractivity contribution >= 4 is 11.8 Å². The monoisotopic (exact) mass is 361 g/mol. The first kappa shape index (κ1) is 21.0. The minimum atomic E-state index is -4.44. The molecule has 0 amide bonds. The van der Waals surface area contributed by atoms with E-state index in [1.54, 1.807) is 7.11 Å². The summed E-state index contributed by atoms with van der Waals surface area (Å²) in [7, 11) is 1.62. The maximum absolute atomic E-state index is 12.9. The van der Waals surface area contributed by atoms with E-state index in [2.05, 4.69) is 25.9 Å². The molecule has 1 aromatic rings. The van der Waals surface area contributed by atoms with Gasteiger partial charge in [0.2, 0.25) is 0 Å². The molecule has 1 aromatic heterocycles. The van der Waals surface area contributed by atoms with Crippen molar-refractivity contribution in [3.63, 3.8) is 0 Å². The van der Waals surface area contributed by atoms with E-state index < -0.39 is 17.3 Å². The maximum atomic E-state index is 12.9. The fourth-order valence-corrected chi connectivity index (χ4v) is 1.81. The number of pyridine rings is 1. The molecular formula is C16H26F3N5O. The highest BCUT2D eigenvalue weighted by atomic mass is 19.4. The summed E-state index contributed by atoms with van der Waals surface area (Å²) in [5.41, 5.74) is -1.17. The quantitative estimate of drug-likeness (QED) is 0.377. The number of rotatable bonds is 8. The topological polar surface area (TPSA) is 70.6 Å². The summed E-state index contributed by atoms with van der Waals surface area (Å²) in [5.74, 6) is 0.394. The second-order valence-electron chi connectivity index (χ2n) is 5.91. The molecule has 0 unspecified atom stereocenters. The van der Waals surface area contributed by atoms with Gasteiger partial charge in [-0.25, -0.2) is 4.98 Å². The molecule has 0 saturated carbocycles. The van der Waals surface area contributed by atoms with Crippen LogP contribution in [0.3, 0.4) is 0 Å². The van der Waals surface area contributed by atoms with Crippen LogP contribution in [0.15, 0.2) is 23.3 Å². The first-order valence-electron chi connectivity index (χ1n) is 8.03. The van der Waals surface area contributed by atoms with E-state index in [0.717, 1.165) is 6.07 Å². The molecule has 0 fully saturated rings. The SMILES string of the molecule is CCNC(=NCC(C)(C)OC)NCCNc1ncccc1C(F)(F)F. The van der Waals surface area contributed by atoms with Gasteiger partial charge in [-0.2, -0.15) is 13.2 Å². The van der Waals surface area contributed by atoms with E-state index in [0.29, 0.717) is 25.6 Å². The standard InChI is InChI=1S/C16H26F3N5O/c1-5-20-14(24-11-15(2,3)25-4)23-10-9-22-13-12(16(17,18)19)7-6-8-21-13/h6-8H,5,9-11H2,1-4H3,(H,21,22)(H2,20,23,24). The highest BCUT2D eigenvalue weighted by Crippen LogP contribution is 2.33. The predicted molar refractivity (Wildman–Crippen MR) is 92.8 cm³/mol. The van der Waals surface area contributed by atoms with Crippen LogP contribution in [0.4, 0.5) is 19.0 Å². The minimum absolute atomic E-state index is 0.181. The van der Waals surface area contributed by atoms with Crippen molar-refractivity contribution in [2.75, 3.05) is 38.6 Å². The number of nitrogens with zero attached hydrogens (tertiary/aromatic N) is 2. The lowest BCUT2D eigenvalue weighted by molar-refractivity contribution is -0.137. The summed E-state index contributed by atoms with van der Waals surface area (Å²) in [5, 5.41) is 8.83. The van der Waals surface area contributed by atoms with E-state index in [9.17, 15) is 13.2 Å². The molecule has 0 saturated heterocycles. The molecule has 0 spiro atoms. The number of aliphatic imine (C=N–C) groups is 1. The van der Waals surface area contributed by atoms with E-state index in [4.69, 9.17) is 4.74 Å². The van der Waals surface area contributed by atoms with Gasteiger partial charge in [0.05, 0.1) is 17.7 Å². The molecule has 1 heterocycles. The van der Waals surface area contributed by atoms with Gasteiger partial charge < -0.3 is 20.7 Å². The second-order valence-corrected chi connectivity index (χ2v) is 5.91. The highest BCUT2D eigenvalue weighted by Gasteiger charge is 2.33. The Hall–Kier alpha value is -2.03. The van der Waals surface area contributed by atoms with Gasteiger partial charge in [-0.15, -0.1) is 0 Å². The molecule has 0 bridgehead atoms. The first-order valence-corrected chi connectivity index (χ1v) is 8.03. The zero-order chi connectivity index (χ0) is 18.9. The molecule has 6 nitrogen and oxygen atoms in total. The van der Waals surface area contributed by atoms with Crippen molar-refractivity contribution in [2.24, 2.45) is 4.99 Å². The average Bonchev–Trinajstić information content (AvgIpc) is 2.56. The van der Waals surface area contributed by atoms with Crippen molar-refractivity contribution in [1.82, 2.24) is 15.6 Å². The molecule has 0 radical (unpaired) electrons. The summed E-state index contributed by atoms with van der Waals surface area (Å²) in [4.78, 5) is 8.16. The van der Waals surface area contributed by atoms with Gasteiger partial charge >= 0.3 is 6.18 Å². The van der Waals surface area contributed by atoms with E-state index in [1.165, 1.54) is 12.3 Å². The van der Waals surface area contributed by atoms with Crippen molar-refractivity contribution < 1.29 is 17.9 Å². The van der Waals surface area contributed by atoms with Crippen molar-refractivity contribution in [2.45, 2.75) is 32.5 Å². The molecule has 142 valence electrons. The smallest absolute Gasteiger partial charge is 0.377 e. The maximum Gasteiger partial charge on any atom is 0.419 e. The van der Waals surface area contributed by atoms with Crippen LogP contribution in [0, 0.1) is 0 Å². The summed E-state index contributed by atoms with van der Waals surface area (Å²) < 4.78 is 44.0. The van der Waals surface area contributed by atoms with E-state index in [1.807, 2.05) is 20.8 Å². The Balaban J connectivity index is 2.57. The molecule has 9 heteroatoms. The van der Waals surface area contributed by atoms with Crippen LogP contribution >= 0.6 is 0 Å². The van der Waals surface area contributed by atoms with Crippen LogP contribution < -0.4 is 16.0 Å². The molecule has 25 heavy (non-hydrogen) atoms. The third-order valence-electron chi connectivity index (χ3n) is 3.34. The summed E-state index contributed by atoms with van der Waals surface area (Å²) in [6, 6.07) is 2.26. The molecular weight excluding hydrogens is 335 g/mol. The fraction of sp³-hybridized carbons (Fsp3) is 0.625. The van der Waals surface area contributed by atoms with Crippen LogP contribution in [0.25, 0.3) is 0 Å². The van der Waals surface area contributed by atoms with Crippen molar-refractivity contribution in [1.29, 1.82) is 0 Å². The lowest BCUT2D eigenvalue weighted by Crippen LogP contribution is -2.41. The fourth-order valence-electron chi connectivity index (χ4n) is 1.81. The highest BCUT2D eigenvalue weighted by molar-refractivity contribution is 5.79. The van der Waals surface area contributed by atoms with Gasteiger partial charge in [0.15, 0.2) is 5.96 Å². The summed E-state index contributed by atoms with van der Waals surface area (Å²) in [6.07, 6.45) is -3.12. The third-order valence-corrected chi connectivity index (χ3v) is 3.34. The Bertz CT molecular complexity index is 561. The van der Waals surface area contributed by atoms with E-state index >= 15 is 0 Å². The predicted octanol–water partition coefficient (Wildman–Crippen LogP) is 2.49. The normalized spacial score (nSPS) is 12.8. The van der Waals surface area contributed by atoms with Gasteiger partial charge in [0, 0.05) is 32.9 Å². The molecule has 1 rings (SSSR count). The number of nitrogens with one attached hydrogen (secondary N) is 3. The van der Waals surface area contributed by atoms with Crippen molar-refractivity contribution in [3.05, 3.63) is 23.9 Å². The van der Waals surface area contributed by atoms with Crippen LogP contribution in [0.5, 0.6) is 0 Å². The Labute approximate surface area is 146 Å². The van der Waals surface area contributed by atoms with Crippen LogP contribution in [-0.4, -0.2) is 49.8 Å². The number of ether oxygens (including phenoxy) is 1. The number of alkyl halides is 3. The lowest BCUT2D eigenvalue weighted by Gasteiger charge is -2.21. The Morgan fingerprint density at radius 2 is 1.96 bits per heavy atom. The van der Waals surface area contributed by atoms with Crippen LogP contribution in [0.2, 0.25) is 0 Å². The van der Waals surface area contributed by atoms with Crippen LogP contribution in [0.1, 0.15) is 26.3 Å². The number of hydrogen-bond acceptors (Lipinski definition) is 4. The van der Waals surface area contributed by atoms with Gasteiger partial charge in [0.1, 0.15) is 5.82 Å². The number of guanidine groups is 1. The number of aromatic nitrogens is 1. The summed E-state index contributed by atoms with van der Waals surface area (Å²) >= 11 is 0. The Kier molecular flexibility index (Phi) is 7.95. The summed E-state index contributed by atoms with van der Waals surface area (Å²) in [6.45, 7) is 7.53. The van der Waals surface area contributed by atoms with Gasteiger partial charge in [-0.1, -0.05) is 0 Å². The zero-order valence-electron chi connectivity index (χ0n) is 15.0. The molecule has 0 aliphatic carbocycles. The second kappa shape index (κ2) is 9.45. The Morgan fingerprint density at radius 3 is 2.56 bits per heavy atom. The van der Waals surface area contributed by atoms with Gasteiger partial charge in [-0.3, -0.25) is 4.99 Å². The molecule has 0 aromatic carbocycles. The first-order chi connectivity index (χ1) is 11.7.